The van der Waals surface area contributed by atoms with Crippen molar-refractivity contribution in [1.29, 1.82) is 0 Å². The Bertz CT molecular complexity index is 143. The van der Waals surface area contributed by atoms with Crippen molar-refractivity contribution < 1.29 is 4.79 Å². The predicted molar refractivity (Wildman–Crippen MR) is 53.1 cm³/mol. The van der Waals surface area contributed by atoms with Crippen LogP contribution in [-0.2, 0) is 4.79 Å². The van der Waals surface area contributed by atoms with E-state index in [2.05, 4.69) is 5.32 Å². The number of thioether (sulfide) groups is 1. The Kier molecular flexibility index (Phi) is 4.51. The molecule has 0 spiro atoms. The average molecular weight is 187 g/mol. The maximum atomic E-state index is 11.4. The number of amides is 1. The van der Waals surface area contributed by atoms with Gasteiger partial charge in [-0.2, -0.15) is 0 Å². The zero-order chi connectivity index (χ0) is 8.81. The summed E-state index contributed by atoms with van der Waals surface area (Å²) in [5, 5.41) is 2.93. The van der Waals surface area contributed by atoms with Crippen molar-refractivity contribution in [3.05, 3.63) is 0 Å². The summed E-state index contributed by atoms with van der Waals surface area (Å²) in [6, 6.07) is 0. The molecule has 0 atom stereocenters. The van der Waals surface area contributed by atoms with Gasteiger partial charge in [-0.25, -0.2) is 0 Å². The van der Waals surface area contributed by atoms with Crippen LogP contribution in [0.4, 0.5) is 0 Å². The Balaban J connectivity index is 2.20. The molecule has 1 aliphatic rings. The molecule has 0 aromatic heterocycles. The molecule has 12 heavy (non-hydrogen) atoms. The summed E-state index contributed by atoms with van der Waals surface area (Å²) < 4.78 is 0. The minimum Gasteiger partial charge on any atom is -0.347 e. The van der Waals surface area contributed by atoms with Crippen LogP contribution in [0.3, 0.4) is 0 Å². The highest BCUT2D eigenvalue weighted by atomic mass is 32.2. The van der Waals surface area contributed by atoms with Crippen LogP contribution in [0.25, 0.3) is 0 Å². The predicted octanol–water partition coefficient (Wildman–Crippen LogP) is 2.00. The summed E-state index contributed by atoms with van der Waals surface area (Å²) in [5.74, 6) is 1.34. The van der Waals surface area contributed by atoms with Crippen LogP contribution in [-0.4, -0.2) is 18.0 Å². The summed E-state index contributed by atoms with van der Waals surface area (Å²) in [4.78, 5) is 11.4. The summed E-state index contributed by atoms with van der Waals surface area (Å²) >= 11 is 1.66. The van der Waals surface area contributed by atoms with Crippen molar-refractivity contribution in [1.82, 2.24) is 5.32 Å². The third-order valence-electron chi connectivity index (χ3n) is 2.37. The highest BCUT2D eigenvalue weighted by Gasteiger charge is 2.19. The lowest BCUT2D eigenvalue weighted by Crippen LogP contribution is -2.31. The SMILES string of the molecule is CSCNC(=O)C1CCCCC1. The summed E-state index contributed by atoms with van der Waals surface area (Å²) in [6.07, 6.45) is 7.97. The third-order valence-corrected chi connectivity index (χ3v) is 2.80. The molecule has 0 radical (unpaired) electrons. The van der Waals surface area contributed by atoms with E-state index in [1.54, 1.807) is 11.8 Å². The molecule has 0 aromatic rings. The maximum Gasteiger partial charge on any atom is 0.223 e. The van der Waals surface area contributed by atoms with Gasteiger partial charge >= 0.3 is 0 Å². The summed E-state index contributed by atoms with van der Waals surface area (Å²) in [6.45, 7) is 0. The Morgan fingerprint density at radius 1 is 1.42 bits per heavy atom. The van der Waals surface area contributed by atoms with Crippen molar-refractivity contribution >= 4 is 17.7 Å². The molecule has 0 aliphatic heterocycles. The second-order valence-electron chi connectivity index (χ2n) is 3.31. The summed E-state index contributed by atoms with van der Waals surface area (Å²) in [5.41, 5.74) is 0. The molecule has 1 N–H and O–H groups in total. The maximum absolute atomic E-state index is 11.4. The zero-order valence-electron chi connectivity index (χ0n) is 7.64. The van der Waals surface area contributed by atoms with Gasteiger partial charge in [-0.1, -0.05) is 19.3 Å². The van der Waals surface area contributed by atoms with Gasteiger partial charge in [0.25, 0.3) is 0 Å². The molecular formula is C9H17NOS. The van der Waals surface area contributed by atoms with E-state index in [1.807, 2.05) is 6.26 Å². The zero-order valence-corrected chi connectivity index (χ0v) is 8.45. The summed E-state index contributed by atoms with van der Waals surface area (Å²) in [7, 11) is 0. The van der Waals surface area contributed by atoms with E-state index in [9.17, 15) is 4.79 Å². The van der Waals surface area contributed by atoms with E-state index in [1.165, 1.54) is 19.3 Å². The van der Waals surface area contributed by atoms with Crippen LogP contribution in [0.5, 0.6) is 0 Å². The monoisotopic (exact) mass is 187 g/mol. The van der Waals surface area contributed by atoms with Gasteiger partial charge in [0.15, 0.2) is 0 Å². The first-order chi connectivity index (χ1) is 5.84. The highest BCUT2D eigenvalue weighted by Crippen LogP contribution is 2.23. The van der Waals surface area contributed by atoms with Crippen molar-refractivity contribution in [2.75, 3.05) is 12.1 Å². The fourth-order valence-electron chi connectivity index (χ4n) is 1.65. The smallest absolute Gasteiger partial charge is 0.223 e. The van der Waals surface area contributed by atoms with E-state index < -0.39 is 0 Å². The van der Waals surface area contributed by atoms with E-state index >= 15 is 0 Å². The lowest BCUT2D eigenvalue weighted by atomic mass is 9.89. The Morgan fingerprint density at radius 3 is 2.67 bits per heavy atom. The number of nitrogens with one attached hydrogen (secondary N) is 1. The van der Waals surface area contributed by atoms with Crippen LogP contribution in [0.15, 0.2) is 0 Å². The van der Waals surface area contributed by atoms with Crippen molar-refractivity contribution in [3.63, 3.8) is 0 Å². The van der Waals surface area contributed by atoms with Gasteiger partial charge < -0.3 is 5.32 Å². The van der Waals surface area contributed by atoms with E-state index in [-0.39, 0.29) is 5.91 Å². The normalized spacial score (nSPS) is 19.1. The first-order valence-electron chi connectivity index (χ1n) is 4.61. The van der Waals surface area contributed by atoms with Gasteiger partial charge in [0.2, 0.25) is 5.91 Å². The third kappa shape index (κ3) is 3.05. The van der Waals surface area contributed by atoms with Crippen LogP contribution in [0.2, 0.25) is 0 Å². The molecular weight excluding hydrogens is 170 g/mol. The van der Waals surface area contributed by atoms with Gasteiger partial charge in [-0.05, 0) is 19.1 Å². The Hall–Kier alpha value is -0.180. The number of hydrogen-bond donors (Lipinski definition) is 1. The first-order valence-corrected chi connectivity index (χ1v) is 6.00. The fraction of sp³-hybridized carbons (Fsp3) is 0.889. The number of hydrogen-bond acceptors (Lipinski definition) is 2. The van der Waals surface area contributed by atoms with Crippen LogP contribution >= 0.6 is 11.8 Å². The molecule has 1 aliphatic carbocycles. The minimum atomic E-state index is 0.268. The van der Waals surface area contributed by atoms with Crippen molar-refractivity contribution in [3.8, 4) is 0 Å². The van der Waals surface area contributed by atoms with Gasteiger partial charge in [-0.3, -0.25) is 4.79 Å². The molecule has 1 amide bonds. The molecule has 0 saturated heterocycles. The second kappa shape index (κ2) is 5.46. The van der Waals surface area contributed by atoms with Gasteiger partial charge in [-0.15, -0.1) is 11.8 Å². The quantitative estimate of drug-likeness (QED) is 0.685. The minimum absolute atomic E-state index is 0.268. The van der Waals surface area contributed by atoms with E-state index in [0.717, 1.165) is 18.7 Å². The Morgan fingerprint density at radius 2 is 2.08 bits per heavy atom. The van der Waals surface area contributed by atoms with Gasteiger partial charge in [0.1, 0.15) is 0 Å². The average Bonchev–Trinajstić information content (AvgIpc) is 2.15. The molecule has 2 nitrogen and oxygen atoms in total. The lowest BCUT2D eigenvalue weighted by Gasteiger charge is -2.20. The number of rotatable bonds is 3. The standard InChI is InChI=1S/C9H17NOS/c1-12-7-10-9(11)8-5-3-2-4-6-8/h8H,2-7H2,1H3,(H,10,11). The molecule has 0 unspecified atom stereocenters. The topological polar surface area (TPSA) is 29.1 Å². The molecule has 0 bridgehead atoms. The molecule has 3 heteroatoms. The van der Waals surface area contributed by atoms with Crippen LogP contribution < -0.4 is 5.32 Å². The van der Waals surface area contributed by atoms with Crippen LogP contribution in [0.1, 0.15) is 32.1 Å². The molecule has 1 saturated carbocycles. The largest absolute Gasteiger partial charge is 0.347 e. The second-order valence-corrected chi connectivity index (χ2v) is 4.17. The molecule has 0 heterocycles. The first kappa shape index (κ1) is 9.90. The molecule has 1 rings (SSSR count). The van der Waals surface area contributed by atoms with Crippen molar-refractivity contribution in [2.45, 2.75) is 32.1 Å². The van der Waals surface area contributed by atoms with Crippen molar-refractivity contribution in [2.24, 2.45) is 5.92 Å². The molecule has 70 valence electrons. The lowest BCUT2D eigenvalue weighted by molar-refractivity contribution is -0.125. The molecule has 0 aromatic carbocycles. The van der Waals surface area contributed by atoms with E-state index in [0.29, 0.717) is 5.92 Å². The Labute approximate surface area is 78.5 Å². The molecule has 1 fully saturated rings. The fourth-order valence-corrected chi connectivity index (χ4v) is 1.94. The van der Waals surface area contributed by atoms with Gasteiger partial charge in [0.05, 0.1) is 5.88 Å². The van der Waals surface area contributed by atoms with E-state index in [4.69, 9.17) is 0 Å². The number of carbonyl (C=O) groups excluding carboxylic acids is 1. The van der Waals surface area contributed by atoms with Crippen LogP contribution in [0, 0.1) is 5.92 Å². The highest BCUT2D eigenvalue weighted by molar-refractivity contribution is 7.98. The van der Waals surface area contributed by atoms with Gasteiger partial charge in [0, 0.05) is 5.92 Å². The number of carbonyl (C=O) groups is 1.